The Bertz CT molecular complexity index is 462. The normalized spacial score (nSPS) is 23.9. The number of anilines is 1. The number of hydrogen-bond acceptors (Lipinski definition) is 5. The van der Waals surface area contributed by atoms with Gasteiger partial charge in [0.2, 0.25) is 0 Å². The molecule has 0 bridgehead atoms. The van der Waals surface area contributed by atoms with Gasteiger partial charge in [-0.3, -0.25) is 4.90 Å². The topological polar surface area (TPSA) is 44.3 Å². The van der Waals surface area contributed by atoms with E-state index in [9.17, 15) is 0 Å². The molecular weight excluding hydrogens is 262 g/mol. The first-order chi connectivity index (χ1) is 9.93. The lowest BCUT2D eigenvalue weighted by Crippen LogP contribution is -2.55. The second-order valence-electron chi connectivity index (χ2n) is 6.51. The molecule has 0 radical (unpaired) electrons. The van der Waals surface area contributed by atoms with Crippen molar-refractivity contribution in [2.75, 3.05) is 32.1 Å². The Hall–Kier alpha value is -1.20. The van der Waals surface area contributed by atoms with Gasteiger partial charge in [-0.1, -0.05) is 13.8 Å². The Morgan fingerprint density at radius 1 is 1.29 bits per heavy atom. The summed E-state index contributed by atoms with van der Waals surface area (Å²) in [6.07, 6.45) is 2.01. The molecule has 21 heavy (non-hydrogen) atoms. The van der Waals surface area contributed by atoms with Crippen molar-refractivity contribution in [1.82, 2.24) is 20.2 Å². The minimum absolute atomic E-state index is 0.361. The zero-order valence-electron chi connectivity index (χ0n) is 14.2. The quantitative estimate of drug-likeness (QED) is 0.917. The average molecular weight is 291 g/mol. The fourth-order valence-corrected chi connectivity index (χ4v) is 2.87. The van der Waals surface area contributed by atoms with Gasteiger partial charge >= 0.3 is 0 Å². The van der Waals surface area contributed by atoms with Crippen molar-refractivity contribution >= 4 is 5.69 Å². The van der Waals surface area contributed by atoms with Crippen molar-refractivity contribution in [3.05, 3.63) is 17.7 Å². The monoisotopic (exact) mass is 291 g/mol. The van der Waals surface area contributed by atoms with E-state index in [1.807, 2.05) is 13.2 Å². The Kier molecular flexibility index (Phi) is 5.17. The molecule has 2 atom stereocenters. The highest BCUT2D eigenvalue weighted by Crippen LogP contribution is 2.25. The van der Waals surface area contributed by atoms with Gasteiger partial charge in [0, 0.05) is 37.6 Å². The van der Waals surface area contributed by atoms with Crippen LogP contribution in [0.5, 0.6) is 0 Å². The predicted molar refractivity (Wildman–Crippen MR) is 87.8 cm³/mol. The van der Waals surface area contributed by atoms with Crippen molar-refractivity contribution in [2.24, 2.45) is 0 Å². The van der Waals surface area contributed by atoms with Gasteiger partial charge in [-0.2, -0.15) is 0 Å². The highest BCUT2D eigenvalue weighted by molar-refractivity contribution is 5.50. The highest BCUT2D eigenvalue weighted by Gasteiger charge is 2.28. The summed E-state index contributed by atoms with van der Waals surface area (Å²) in [5, 5.41) is 3.23. The molecule has 1 aliphatic rings. The summed E-state index contributed by atoms with van der Waals surface area (Å²) >= 11 is 0. The summed E-state index contributed by atoms with van der Waals surface area (Å²) in [5.41, 5.74) is 2.29. The van der Waals surface area contributed by atoms with Crippen LogP contribution >= 0.6 is 0 Å². The van der Waals surface area contributed by atoms with Crippen LogP contribution in [-0.4, -0.2) is 54.1 Å². The van der Waals surface area contributed by atoms with Crippen molar-refractivity contribution in [3.63, 3.8) is 0 Å². The van der Waals surface area contributed by atoms with Crippen LogP contribution in [0.3, 0.4) is 0 Å². The molecule has 1 fully saturated rings. The first-order valence-electron chi connectivity index (χ1n) is 7.91. The molecule has 1 aromatic heterocycles. The van der Waals surface area contributed by atoms with E-state index in [0.29, 0.717) is 18.0 Å². The molecule has 1 N–H and O–H groups in total. The van der Waals surface area contributed by atoms with E-state index >= 15 is 0 Å². The Morgan fingerprint density at radius 3 is 2.43 bits per heavy atom. The molecule has 5 nitrogen and oxygen atoms in total. The lowest BCUT2D eigenvalue weighted by Gasteiger charge is -2.43. The molecule has 2 heterocycles. The maximum atomic E-state index is 4.78. The molecule has 0 amide bonds. The number of likely N-dealkylation sites (N-methyl/N-ethyl adjacent to an activating group) is 1. The fraction of sp³-hybridized carbons (Fsp3) is 0.750. The van der Waals surface area contributed by atoms with Gasteiger partial charge in [0.25, 0.3) is 0 Å². The summed E-state index contributed by atoms with van der Waals surface area (Å²) in [5.74, 6) is 1.29. The van der Waals surface area contributed by atoms with Crippen molar-refractivity contribution in [1.29, 1.82) is 0 Å². The van der Waals surface area contributed by atoms with Crippen molar-refractivity contribution < 1.29 is 0 Å². The minimum Gasteiger partial charge on any atom is -0.366 e. The molecule has 1 saturated heterocycles. The van der Waals surface area contributed by atoms with Gasteiger partial charge in [-0.05, 0) is 27.9 Å². The van der Waals surface area contributed by atoms with Crippen LogP contribution in [0, 0.1) is 0 Å². The third kappa shape index (κ3) is 3.52. The van der Waals surface area contributed by atoms with Gasteiger partial charge in [0.15, 0.2) is 0 Å². The van der Waals surface area contributed by atoms with E-state index in [4.69, 9.17) is 4.98 Å². The summed E-state index contributed by atoms with van der Waals surface area (Å²) in [6, 6.07) is 1.09. The fourth-order valence-electron chi connectivity index (χ4n) is 2.87. The van der Waals surface area contributed by atoms with Crippen LogP contribution in [0.25, 0.3) is 0 Å². The third-order valence-corrected chi connectivity index (χ3v) is 4.43. The van der Waals surface area contributed by atoms with Crippen LogP contribution in [0.2, 0.25) is 0 Å². The van der Waals surface area contributed by atoms with Crippen LogP contribution < -0.4 is 10.2 Å². The Labute approximate surface area is 128 Å². The van der Waals surface area contributed by atoms with E-state index in [2.05, 4.69) is 54.8 Å². The number of piperazine rings is 1. The van der Waals surface area contributed by atoms with Crippen LogP contribution in [0.1, 0.15) is 45.1 Å². The van der Waals surface area contributed by atoms with E-state index in [-0.39, 0.29) is 0 Å². The zero-order chi connectivity index (χ0) is 15.6. The van der Waals surface area contributed by atoms with Gasteiger partial charge in [0.05, 0.1) is 17.6 Å². The zero-order valence-corrected chi connectivity index (χ0v) is 14.2. The number of aromatic nitrogens is 2. The second-order valence-corrected chi connectivity index (χ2v) is 6.51. The largest absolute Gasteiger partial charge is 0.366 e. The van der Waals surface area contributed by atoms with Crippen molar-refractivity contribution in [3.8, 4) is 0 Å². The third-order valence-electron chi connectivity index (χ3n) is 4.43. The highest BCUT2D eigenvalue weighted by atomic mass is 15.3. The summed E-state index contributed by atoms with van der Waals surface area (Å²) in [7, 11) is 4.18. The first-order valence-corrected chi connectivity index (χ1v) is 7.91. The molecule has 2 rings (SSSR count). The van der Waals surface area contributed by atoms with E-state index < -0.39 is 0 Å². The summed E-state index contributed by atoms with van der Waals surface area (Å²) in [6.45, 7) is 11.7. The molecule has 0 spiro atoms. The smallest absolute Gasteiger partial charge is 0.131 e. The lowest BCUT2D eigenvalue weighted by molar-refractivity contribution is 0.170. The van der Waals surface area contributed by atoms with Gasteiger partial charge in [-0.25, -0.2) is 9.97 Å². The summed E-state index contributed by atoms with van der Waals surface area (Å²) < 4.78 is 0. The Balaban J connectivity index is 2.30. The number of rotatable bonds is 4. The van der Waals surface area contributed by atoms with Gasteiger partial charge in [-0.15, -0.1) is 0 Å². The van der Waals surface area contributed by atoms with Crippen LogP contribution in [-0.2, 0) is 6.54 Å². The molecule has 2 unspecified atom stereocenters. The van der Waals surface area contributed by atoms with Gasteiger partial charge in [0.1, 0.15) is 5.82 Å². The summed E-state index contributed by atoms with van der Waals surface area (Å²) in [4.78, 5) is 14.2. The maximum Gasteiger partial charge on any atom is 0.131 e. The number of nitrogens with zero attached hydrogens (tertiary/aromatic N) is 4. The molecular formula is C16H29N5. The van der Waals surface area contributed by atoms with E-state index in [1.54, 1.807) is 0 Å². The molecule has 0 saturated carbocycles. The van der Waals surface area contributed by atoms with E-state index in [1.165, 1.54) is 5.69 Å². The first kappa shape index (κ1) is 16.2. The molecule has 5 heteroatoms. The number of hydrogen-bond donors (Lipinski definition) is 1. The van der Waals surface area contributed by atoms with Crippen LogP contribution in [0.15, 0.2) is 6.20 Å². The maximum absolute atomic E-state index is 4.78. The number of nitrogens with one attached hydrogen (secondary N) is 1. The minimum atomic E-state index is 0.361. The lowest BCUT2D eigenvalue weighted by atomic mass is 10.1. The van der Waals surface area contributed by atoms with E-state index in [0.717, 1.165) is 31.2 Å². The Morgan fingerprint density at radius 2 is 1.90 bits per heavy atom. The average Bonchev–Trinajstić information content (AvgIpc) is 2.44. The molecule has 1 aliphatic heterocycles. The molecule has 0 aliphatic carbocycles. The van der Waals surface area contributed by atoms with Crippen molar-refractivity contribution in [2.45, 2.75) is 52.2 Å². The predicted octanol–water partition coefficient (Wildman–Crippen LogP) is 1.85. The van der Waals surface area contributed by atoms with Gasteiger partial charge < -0.3 is 10.2 Å². The van der Waals surface area contributed by atoms with Crippen LogP contribution in [0.4, 0.5) is 5.69 Å². The standard InChI is InChI=1S/C16H29N5/c1-11(2)16-18-8-15(14(19-16)7-17-5)21-9-12(3)20(6)13(4)10-21/h8,11-13,17H,7,9-10H2,1-6H3. The second kappa shape index (κ2) is 6.71. The molecule has 0 aromatic carbocycles. The molecule has 118 valence electrons. The molecule has 1 aromatic rings. The SMILES string of the molecule is CNCc1nc(C(C)C)ncc1N1CC(C)N(C)C(C)C1.